The van der Waals surface area contributed by atoms with E-state index in [1.807, 2.05) is 0 Å². The Labute approximate surface area is 60.3 Å². The topological polar surface area (TPSA) is 9.23 Å². The molecule has 54 valence electrons. The van der Waals surface area contributed by atoms with Crippen LogP contribution in [0, 0.1) is 11.8 Å². The molecule has 0 aromatic rings. The van der Waals surface area contributed by atoms with E-state index in [0.29, 0.717) is 0 Å². The number of hydrogen-bond donors (Lipinski definition) is 0. The van der Waals surface area contributed by atoms with Crippen molar-refractivity contribution in [3.05, 3.63) is 0 Å². The Morgan fingerprint density at radius 1 is 1.56 bits per heavy atom. The minimum atomic E-state index is 0.900. The lowest BCUT2D eigenvalue weighted by Crippen LogP contribution is -2.03. The predicted octanol–water partition coefficient (Wildman–Crippen LogP) is 0.720. The molecular weight excluding hydrogens is 128 g/mol. The Morgan fingerprint density at radius 3 is 2.78 bits per heavy atom. The summed E-state index contributed by atoms with van der Waals surface area (Å²) in [4.78, 5) is 0. The van der Waals surface area contributed by atoms with E-state index in [-0.39, 0.29) is 0 Å². The smallest absolute Gasteiger partial charge is 0.145 e. The van der Waals surface area contributed by atoms with Gasteiger partial charge in [0.25, 0.3) is 0 Å². The molecule has 2 atom stereocenters. The van der Waals surface area contributed by atoms with Crippen molar-refractivity contribution < 1.29 is 4.43 Å². The van der Waals surface area contributed by atoms with Gasteiger partial charge in [-0.25, -0.2) is 0 Å². The SMILES string of the molecule is CC1CCC(CO[SiH3])C1. The molecule has 1 aliphatic carbocycles. The van der Waals surface area contributed by atoms with Crippen molar-refractivity contribution in [3.63, 3.8) is 0 Å². The Morgan fingerprint density at radius 2 is 2.33 bits per heavy atom. The largest absolute Gasteiger partial charge is 0.428 e. The standard InChI is InChI=1S/C7H16OSi/c1-6-2-3-7(4-6)5-8-9/h6-7H,2-5H2,1,9H3. The highest BCUT2D eigenvalue weighted by Crippen LogP contribution is 2.29. The molecule has 0 radical (unpaired) electrons. The molecule has 1 saturated carbocycles. The zero-order chi connectivity index (χ0) is 6.69. The maximum absolute atomic E-state index is 5.21. The predicted molar refractivity (Wildman–Crippen MR) is 42.4 cm³/mol. The van der Waals surface area contributed by atoms with Gasteiger partial charge in [-0.1, -0.05) is 13.3 Å². The lowest BCUT2D eigenvalue weighted by atomic mass is 10.1. The Hall–Kier alpha value is 0.177. The first kappa shape index (κ1) is 7.29. The molecule has 2 unspecified atom stereocenters. The van der Waals surface area contributed by atoms with Gasteiger partial charge in [0.2, 0.25) is 0 Å². The van der Waals surface area contributed by atoms with E-state index >= 15 is 0 Å². The van der Waals surface area contributed by atoms with Crippen LogP contribution in [0.4, 0.5) is 0 Å². The highest BCUT2D eigenvalue weighted by molar-refractivity contribution is 5.97. The molecule has 1 fully saturated rings. The molecule has 1 rings (SSSR count). The lowest BCUT2D eigenvalue weighted by Gasteiger charge is -2.06. The third kappa shape index (κ3) is 2.10. The number of rotatable bonds is 2. The van der Waals surface area contributed by atoms with Gasteiger partial charge in [-0.3, -0.25) is 0 Å². The van der Waals surface area contributed by atoms with E-state index in [1.54, 1.807) is 0 Å². The van der Waals surface area contributed by atoms with Gasteiger partial charge in [0.1, 0.15) is 10.5 Å². The molecule has 0 heterocycles. The summed E-state index contributed by atoms with van der Waals surface area (Å²) in [6, 6.07) is 0. The fraction of sp³-hybridized carbons (Fsp3) is 1.00. The zero-order valence-electron chi connectivity index (χ0n) is 6.39. The summed E-state index contributed by atoms with van der Waals surface area (Å²) in [6.07, 6.45) is 4.24. The second-order valence-electron chi connectivity index (χ2n) is 3.24. The normalized spacial score (nSPS) is 35.7. The summed E-state index contributed by atoms with van der Waals surface area (Å²) in [5, 5.41) is 0. The summed E-state index contributed by atoms with van der Waals surface area (Å²) in [5.74, 6) is 1.87. The summed E-state index contributed by atoms with van der Waals surface area (Å²) in [7, 11) is 0.917. The van der Waals surface area contributed by atoms with Crippen LogP contribution in [0.3, 0.4) is 0 Å². The van der Waals surface area contributed by atoms with Crippen LogP contribution in [0.2, 0.25) is 0 Å². The van der Waals surface area contributed by atoms with Crippen molar-refractivity contribution in [2.45, 2.75) is 26.2 Å². The van der Waals surface area contributed by atoms with Gasteiger partial charge in [-0.15, -0.1) is 0 Å². The molecule has 0 amide bonds. The van der Waals surface area contributed by atoms with E-state index in [0.717, 1.165) is 28.9 Å². The molecule has 0 aromatic heterocycles. The fourth-order valence-corrected chi connectivity index (χ4v) is 2.18. The van der Waals surface area contributed by atoms with Gasteiger partial charge < -0.3 is 4.43 Å². The quantitative estimate of drug-likeness (QED) is 0.519. The van der Waals surface area contributed by atoms with Gasteiger partial charge >= 0.3 is 0 Å². The third-order valence-electron chi connectivity index (χ3n) is 2.21. The van der Waals surface area contributed by atoms with E-state index in [1.165, 1.54) is 19.3 Å². The molecule has 0 aliphatic heterocycles. The molecule has 0 spiro atoms. The number of hydrogen-bond acceptors (Lipinski definition) is 1. The highest BCUT2D eigenvalue weighted by atomic mass is 28.2. The second kappa shape index (κ2) is 3.37. The van der Waals surface area contributed by atoms with Crippen LogP contribution in [0.15, 0.2) is 0 Å². The minimum Gasteiger partial charge on any atom is -0.428 e. The molecule has 2 heteroatoms. The Balaban J connectivity index is 2.14. The molecule has 1 nitrogen and oxygen atoms in total. The van der Waals surface area contributed by atoms with Gasteiger partial charge in [0, 0.05) is 6.61 Å². The van der Waals surface area contributed by atoms with E-state index in [9.17, 15) is 0 Å². The first-order valence-corrected chi connectivity index (χ1v) is 4.63. The molecule has 0 aromatic carbocycles. The Bertz CT molecular complexity index is 83.0. The van der Waals surface area contributed by atoms with Gasteiger partial charge in [-0.05, 0) is 24.7 Å². The van der Waals surface area contributed by atoms with Gasteiger partial charge in [0.05, 0.1) is 0 Å². The van der Waals surface area contributed by atoms with Crippen LogP contribution < -0.4 is 0 Å². The first-order chi connectivity index (χ1) is 4.33. The maximum Gasteiger partial charge on any atom is 0.145 e. The van der Waals surface area contributed by atoms with Gasteiger partial charge in [-0.2, -0.15) is 0 Å². The van der Waals surface area contributed by atoms with Crippen LogP contribution in [-0.2, 0) is 4.43 Å². The van der Waals surface area contributed by atoms with Crippen molar-refractivity contribution in [2.75, 3.05) is 6.61 Å². The van der Waals surface area contributed by atoms with Crippen molar-refractivity contribution in [1.29, 1.82) is 0 Å². The summed E-state index contributed by atoms with van der Waals surface area (Å²) < 4.78 is 5.21. The second-order valence-corrected chi connectivity index (χ2v) is 3.82. The highest BCUT2D eigenvalue weighted by Gasteiger charge is 2.20. The van der Waals surface area contributed by atoms with Gasteiger partial charge in [0.15, 0.2) is 0 Å². The zero-order valence-corrected chi connectivity index (χ0v) is 8.39. The van der Waals surface area contributed by atoms with Crippen molar-refractivity contribution in [1.82, 2.24) is 0 Å². The first-order valence-electron chi connectivity index (χ1n) is 3.82. The molecular formula is C7H16OSi. The van der Waals surface area contributed by atoms with Crippen LogP contribution in [-0.4, -0.2) is 17.1 Å². The van der Waals surface area contributed by atoms with E-state index in [4.69, 9.17) is 4.43 Å². The van der Waals surface area contributed by atoms with Crippen molar-refractivity contribution in [3.8, 4) is 0 Å². The molecule has 0 saturated heterocycles. The van der Waals surface area contributed by atoms with Crippen LogP contribution in [0.25, 0.3) is 0 Å². The van der Waals surface area contributed by atoms with Crippen LogP contribution in [0.5, 0.6) is 0 Å². The average molecular weight is 144 g/mol. The summed E-state index contributed by atoms with van der Waals surface area (Å²) in [5.41, 5.74) is 0. The van der Waals surface area contributed by atoms with E-state index in [2.05, 4.69) is 6.92 Å². The van der Waals surface area contributed by atoms with Crippen LogP contribution in [0.1, 0.15) is 26.2 Å². The average Bonchev–Trinajstić information content (AvgIpc) is 2.17. The summed E-state index contributed by atoms with van der Waals surface area (Å²) >= 11 is 0. The monoisotopic (exact) mass is 144 g/mol. The van der Waals surface area contributed by atoms with E-state index < -0.39 is 0 Å². The molecule has 0 N–H and O–H groups in total. The van der Waals surface area contributed by atoms with Crippen molar-refractivity contribution >= 4 is 10.5 Å². The third-order valence-corrected chi connectivity index (χ3v) is 2.54. The molecule has 0 bridgehead atoms. The summed E-state index contributed by atoms with van der Waals surface area (Å²) in [6.45, 7) is 3.38. The minimum absolute atomic E-state index is 0.900. The molecule has 1 aliphatic rings. The molecule has 9 heavy (non-hydrogen) atoms. The fourth-order valence-electron chi connectivity index (χ4n) is 1.71. The Kier molecular flexibility index (Phi) is 2.73. The van der Waals surface area contributed by atoms with Crippen molar-refractivity contribution in [2.24, 2.45) is 11.8 Å². The van der Waals surface area contributed by atoms with Crippen LogP contribution >= 0.6 is 0 Å². The maximum atomic E-state index is 5.21. The lowest BCUT2D eigenvalue weighted by molar-refractivity contribution is 0.269.